The molecule has 3 heterocycles. The fourth-order valence-electron chi connectivity index (χ4n) is 3.94. The molecule has 1 aliphatic rings. The van der Waals surface area contributed by atoms with Crippen LogP contribution in [0.15, 0.2) is 57.5 Å². The highest BCUT2D eigenvalue weighted by Crippen LogP contribution is 2.20. The van der Waals surface area contributed by atoms with E-state index in [0.29, 0.717) is 18.4 Å². The number of benzene rings is 1. The minimum absolute atomic E-state index is 0. The minimum atomic E-state index is 0. The van der Waals surface area contributed by atoms with Crippen molar-refractivity contribution in [1.82, 2.24) is 20.5 Å². The predicted molar refractivity (Wildman–Crippen MR) is 143 cm³/mol. The zero-order valence-electron chi connectivity index (χ0n) is 18.7. The molecular formula is C24H32IN5OS. The molecule has 0 amide bonds. The van der Waals surface area contributed by atoms with Gasteiger partial charge < -0.3 is 15.1 Å². The van der Waals surface area contributed by atoms with E-state index in [-0.39, 0.29) is 24.0 Å². The third kappa shape index (κ3) is 7.05. The van der Waals surface area contributed by atoms with Gasteiger partial charge in [-0.3, -0.25) is 9.89 Å². The number of aliphatic imine (C=N–C) groups is 1. The van der Waals surface area contributed by atoms with Crippen molar-refractivity contribution in [3.63, 3.8) is 0 Å². The number of rotatable bonds is 7. The maximum absolute atomic E-state index is 5.65. The first kappa shape index (κ1) is 24.7. The molecule has 6 nitrogen and oxygen atoms in total. The molecule has 172 valence electrons. The Bertz CT molecular complexity index is 971. The summed E-state index contributed by atoms with van der Waals surface area (Å²) in [5, 5.41) is 9.00. The molecule has 4 rings (SSSR count). The van der Waals surface area contributed by atoms with Gasteiger partial charge >= 0.3 is 0 Å². The summed E-state index contributed by atoms with van der Waals surface area (Å²) in [5.41, 5.74) is 3.07. The Labute approximate surface area is 211 Å². The summed E-state index contributed by atoms with van der Waals surface area (Å²) >= 11 is 1.84. The largest absolute Gasteiger partial charge is 0.444 e. The molecule has 0 spiro atoms. The van der Waals surface area contributed by atoms with Gasteiger partial charge in [-0.1, -0.05) is 23.8 Å². The van der Waals surface area contributed by atoms with Crippen LogP contribution in [0, 0.1) is 12.8 Å². The van der Waals surface area contributed by atoms with E-state index >= 15 is 0 Å². The second-order valence-electron chi connectivity index (χ2n) is 8.14. The van der Waals surface area contributed by atoms with Crippen molar-refractivity contribution in [1.29, 1.82) is 0 Å². The first-order chi connectivity index (χ1) is 15.2. The van der Waals surface area contributed by atoms with Crippen molar-refractivity contribution in [3.05, 3.63) is 64.2 Å². The number of nitrogens with one attached hydrogen (secondary N) is 2. The zero-order chi connectivity index (χ0) is 21.5. The third-order valence-electron chi connectivity index (χ3n) is 5.63. The average Bonchev–Trinajstić information content (AvgIpc) is 3.47. The number of nitrogens with zero attached hydrogens (tertiary/aromatic N) is 3. The van der Waals surface area contributed by atoms with Crippen molar-refractivity contribution in [3.8, 4) is 11.5 Å². The fraction of sp³-hybridized carbons (Fsp3) is 0.417. The van der Waals surface area contributed by atoms with E-state index in [1.807, 2.05) is 23.5 Å². The highest BCUT2D eigenvalue weighted by molar-refractivity contribution is 14.0. The Morgan fingerprint density at radius 2 is 2.09 bits per heavy atom. The summed E-state index contributed by atoms with van der Waals surface area (Å²) in [5.74, 6) is 2.08. The van der Waals surface area contributed by atoms with Crippen molar-refractivity contribution in [2.45, 2.75) is 32.9 Å². The van der Waals surface area contributed by atoms with Gasteiger partial charge in [0.05, 0.1) is 12.2 Å². The van der Waals surface area contributed by atoms with Crippen molar-refractivity contribution >= 4 is 41.3 Å². The smallest absolute Gasteiger partial charge is 0.226 e. The number of aryl methyl sites for hydroxylation is 1. The van der Waals surface area contributed by atoms with Gasteiger partial charge in [0.15, 0.2) is 5.96 Å². The van der Waals surface area contributed by atoms with Crippen LogP contribution in [0.5, 0.6) is 0 Å². The Morgan fingerprint density at radius 3 is 2.84 bits per heavy atom. The number of hydrogen-bond acceptors (Lipinski definition) is 5. The summed E-state index contributed by atoms with van der Waals surface area (Å²) in [4.78, 5) is 13.0. The van der Waals surface area contributed by atoms with Gasteiger partial charge in [-0.15, -0.1) is 35.3 Å². The number of oxazole rings is 1. The van der Waals surface area contributed by atoms with Crippen LogP contribution in [0.1, 0.15) is 29.0 Å². The second kappa shape index (κ2) is 12.4. The molecule has 8 heteroatoms. The lowest BCUT2D eigenvalue weighted by Crippen LogP contribution is -2.44. The molecule has 0 radical (unpaired) electrons. The minimum Gasteiger partial charge on any atom is -0.444 e. The average molecular weight is 566 g/mol. The standard InChI is InChI=1S/C24H31N5OS.HI/c1-18-7-9-20(10-8-18)23-28-21(17-30-23)14-27-24(25-2)26-13-19-5-3-11-29(15-19)16-22-6-4-12-31-22;/h4,6-10,12,17,19H,3,5,11,13-16H2,1-2H3,(H2,25,26,27);1H. The van der Waals surface area contributed by atoms with Gasteiger partial charge in [-0.05, 0) is 55.8 Å². The van der Waals surface area contributed by atoms with Crippen LogP contribution >= 0.6 is 35.3 Å². The molecule has 0 bridgehead atoms. The summed E-state index contributed by atoms with van der Waals surface area (Å²) in [6, 6.07) is 12.6. The number of halogens is 1. The third-order valence-corrected chi connectivity index (χ3v) is 6.49. The molecular weight excluding hydrogens is 533 g/mol. The molecule has 3 aromatic rings. The SMILES string of the molecule is CN=C(NCc1coc(-c2ccc(C)cc2)n1)NCC1CCCN(Cc2cccs2)C1.I. The quantitative estimate of drug-likeness (QED) is 0.242. The molecule has 1 unspecified atom stereocenters. The summed E-state index contributed by atoms with van der Waals surface area (Å²) < 4.78 is 5.65. The van der Waals surface area contributed by atoms with Gasteiger partial charge in [0.1, 0.15) is 6.26 Å². The van der Waals surface area contributed by atoms with Crippen molar-refractivity contribution in [2.24, 2.45) is 10.9 Å². The van der Waals surface area contributed by atoms with Crippen LogP contribution in [0.3, 0.4) is 0 Å². The molecule has 1 aromatic carbocycles. The van der Waals surface area contributed by atoms with E-state index in [1.165, 1.54) is 29.8 Å². The van der Waals surface area contributed by atoms with Gasteiger partial charge in [-0.2, -0.15) is 0 Å². The summed E-state index contributed by atoms with van der Waals surface area (Å²) in [6.07, 6.45) is 4.22. The molecule has 1 aliphatic heterocycles. The van der Waals surface area contributed by atoms with Crippen LogP contribution in [0.25, 0.3) is 11.5 Å². The van der Waals surface area contributed by atoms with E-state index < -0.39 is 0 Å². The number of guanidine groups is 1. The van der Waals surface area contributed by atoms with Crippen molar-refractivity contribution in [2.75, 3.05) is 26.7 Å². The number of likely N-dealkylation sites (tertiary alicyclic amines) is 1. The first-order valence-electron chi connectivity index (χ1n) is 10.9. The van der Waals surface area contributed by atoms with Crippen LogP contribution in [-0.2, 0) is 13.1 Å². The topological polar surface area (TPSA) is 65.7 Å². The van der Waals surface area contributed by atoms with E-state index in [4.69, 9.17) is 4.42 Å². The van der Waals surface area contributed by atoms with Gasteiger partial charge in [0, 0.05) is 37.1 Å². The molecule has 1 saturated heterocycles. The molecule has 0 saturated carbocycles. The molecule has 1 fully saturated rings. The lowest BCUT2D eigenvalue weighted by atomic mass is 9.98. The van der Waals surface area contributed by atoms with Crippen LogP contribution in [0.2, 0.25) is 0 Å². The Hall–Kier alpha value is -1.91. The van der Waals surface area contributed by atoms with E-state index in [1.54, 1.807) is 13.3 Å². The number of thiophene rings is 1. The number of hydrogen-bond donors (Lipinski definition) is 2. The van der Waals surface area contributed by atoms with Crippen LogP contribution in [-0.4, -0.2) is 42.5 Å². The Kier molecular flexibility index (Phi) is 9.55. The summed E-state index contributed by atoms with van der Waals surface area (Å²) in [6.45, 7) is 6.96. The van der Waals surface area contributed by atoms with Gasteiger partial charge in [-0.25, -0.2) is 4.98 Å². The monoisotopic (exact) mass is 565 g/mol. The van der Waals surface area contributed by atoms with E-state index in [0.717, 1.165) is 36.9 Å². The highest BCUT2D eigenvalue weighted by Gasteiger charge is 2.20. The van der Waals surface area contributed by atoms with Crippen LogP contribution < -0.4 is 10.6 Å². The highest BCUT2D eigenvalue weighted by atomic mass is 127. The maximum atomic E-state index is 5.65. The van der Waals surface area contributed by atoms with Crippen molar-refractivity contribution < 1.29 is 4.42 Å². The molecule has 32 heavy (non-hydrogen) atoms. The number of aromatic nitrogens is 1. The molecule has 0 aliphatic carbocycles. The molecule has 1 atom stereocenters. The maximum Gasteiger partial charge on any atom is 0.226 e. The summed E-state index contributed by atoms with van der Waals surface area (Å²) in [7, 11) is 1.81. The zero-order valence-corrected chi connectivity index (χ0v) is 21.9. The normalized spacial score (nSPS) is 17.1. The number of piperidine rings is 1. The van der Waals surface area contributed by atoms with Crippen LogP contribution in [0.4, 0.5) is 0 Å². The first-order valence-corrected chi connectivity index (χ1v) is 11.8. The Balaban J connectivity index is 0.00000289. The second-order valence-corrected chi connectivity index (χ2v) is 9.17. The van der Waals surface area contributed by atoms with E-state index in [9.17, 15) is 0 Å². The predicted octanol–water partition coefficient (Wildman–Crippen LogP) is 4.91. The van der Waals surface area contributed by atoms with Gasteiger partial charge in [0.25, 0.3) is 0 Å². The lowest BCUT2D eigenvalue weighted by Gasteiger charge is -2.32. The Morgan fingerprint density at radius 1 is 1.25 bits per heavy atom. The lowest BCUT2D eigenvalue weighted by molar-refractivity contribution is 0.169. The fourth-order valence-corrected chi connectivity index (χ4v) is 4.68. The van der Waals surface area contributed by atoms with Gasteiger partial charge in [0.2, 0.25) is 5.89 Å². The molecule has 2 N–H and O–H groups in total. The molecule has 2 aromatic heterocycles. The van der Waals surface area contributed by atoms with E-state index in [2.05, 4.69) is 62.1 Å².